The summed E-state index contributed by atoms with van der Waals surface area (Å²) in [6.45, 7) is 12.9. The SMILES string of the molecule is C=C[C@H](CCC(C)(C)O)[C@H]1CCC2[C@H]3CC(=O)C=C4C[C@@H](O)CC[C@]4(C)C3CC[C@@]21C. The van der Waals surface area contributed by atoms with Crippen molar-refractivity contribution in [1.82, 2.24) is 0 Å². The van der Waals surface area contributed by atoms with Crippen LogP contribution in [-0.4, -0.2) is 27.7 Å². The maximum atomic E-state index is 13.0. The van der Waals surface area contributed by atoms with Crippen LogP contribution in [0.25, 0.3) is 0 Å². The fourth-order valence-corrected chi connectivity index (χ4v) is 8.46. The van der Waals surface area contributed by atoms with Gasteiger partial charge in [0.15, 0.2) is 5.78 Å². The molecule has 3 heteroatoms. The Morgan fingerprint density at radius 3 is 2.58 bits per heavy atom. The van der Waals surface area contributed by atoms with Gasteiger partial charge in [-0.3, -0.25) is 4.79 Å². The maximum absolute atomic E-state index is 13.0. The summed E-state index contributed by atoms with van der Waals surface area (Å²) in [7, 11) is 0. The molecule has 31 heavy (non-hydrogen) atoms. The predicted octanol–water partition coefficient (Wildman–Crippen LogP) is 5.85. The summed E-state index contributed by atoms with van der Waals surface area (Å²) in [5.41, 5.74) is 0.938. The number of ketones is 1. The lowest BCUT2D eigenvalue weighted by Crippen LogP contribution is -2.48. The second-order valence-electron chi connectivity index (χ2n) is 12.5. The molecular formula is C28H44O3. The molecule has 0 amide bonds. The van der Waals surface area contributed by atoms with Gasteiger partial charge < -0.3 is 10.2 Å². The fourth-order valence-electron chi connectivity index (χ4n) is 8.46. The molecule has 0 bridgehead atoms. The van der Waals surface area contributed by atoms with Gasteiger partial charge >= 0.3 is 0 Å². The Labute approximate surface area is 189 Å². The van der Waals surface area contributed by atoms with Gasteiger partial charge in [-0.15, -0.1) is 6.58 Å². The topological polar surface area (TPSA) is 57.5 Å². The zero-order chi connectivity index (χ0) is 22.6. The van der Waals surface area contributed by atoms with Gasteiger partial charge in [-0.1, -0.05) is 25.5 Å². The summed E-state index contributed by atoms with van der Waals surface area (Å²) in [5.74, 6) is 2.95. The molecule has 4 aliphatic rings. The van der Waals surface area contributed by atoms with Crippen molar-refractivity contribution < 1.29 is 15.0 Å². The van der Waals surface area contributed by atoms with E-state index in [0.717, 1.165) is 25.7 Å². The Hall–Kier alpha value is -0.930. The van der Waals surface area contributed by atoms with Crippen LogP contribution in [-0.2, 0) is 4.79 Å². The zero-order valence-corrected chi connectivity index (χ0v) is 20.2. The van der Waals surface area contributed by atoms with Crippen LogP contribution in [0.2, 0.25) is 0 Å². The molecule has 174 valence electrons. The van der Waals surface area contributed by atoms with Gasteiger partial charge in [0.1, 0.15) is 0 Å². The number of hydrogen-bond donors (Lipinski definition) is 2. The summed E-state index contributed by atoms with van der Waals surface area (Å²) < 4.78 is 0. The Morgan fingerprint density at radius 1 is 1.16 bits per heavy atom. The van der Waals surface area contributed by atoms with Crippen LogP contribution in [0.4, 0.5) is 0 Å². The number of aliphatic hydroxyl groups excluding tert-OH is 1. The first-order valence-electron chi connectivity index (χ1n) is 12.7. The second kappa shape index (κ2) is 8.13. The van der Waals surface area contributed by atoms with E-state index in [0.29, 0.717) is 42.4 Å². The lowest BCUT2D eigenvalue weighted by molar-refractivity contribution is -0.118. The average molecular weight is 429 g/mol. The van der Waals surface area contributed by atoms with Crippen molar-refractivity contribution in [2.75, 3.05) is 0 Å². The number of allylic oxidation sites excluding steroid dienone is 2. The van der Waals surface area contributed by atoms with E-state index in [1.54, 1.807) is 0 Å². The van der Waals surface area contributed by atoms with E-state index in [4.69, 9.17) is 0 Å². The first kappa shape index (κ1) is 23.2. The van der Waals surface area contributed by atoms with E-state index in [1.165, 1.54) is 31.3 Å². The highest BCUT2D eigenvalue weighted by Crippen LogP contribution is 2.66. The minimum Gasteiger partial charge on any atom is -0.393 e. The first-order valence-corrected chi connectivity index (χ1v) is 12.7. The van der Waals surface area contributed by atoms with Crippen molar-refractivity contribution in [2.24, 2.45) is 40.4 Å². The Morgan fingerprint density at radius 2 is 1.90 bits per heavy atom. The maximum Gasteiger partial charge on any atom is 0.155 e. The molecule has 0 aromatic carbocycles. The Bertz CT molecular complexity index is 746. The molecule has 8 atom stereocenters. The third-order valence-corrected chi connectivity index (χ3v) is 10.2. The first-order chi connectivity index (χ1) is 14.5. The molecule has 0 heterocycles. The van der Waals surface area contributed by atoms with Crippen LogP contribution in [0.3, 0.4) is 0 Å². The van der Waals surface area contributed by atoms with Crippen LogP contribution >= 0.6 is 0 Å². The Balaban J connectivity index is 1.59. The van der Waals surface area contributed by atoms with Gasteiger partial charge in [0, 0.05) is 6.42 Å². The Kier molecular flexibility index (Phi) is 6.10. The molecule has 4 aliphatic carbocycles. The summed E-state index contributed by atoms with van der Waals surface area (Å²) in [6.07, 6.45) is 13.7. The van der Waals surface area contributed by atoms with E-state index in [1.807, 2.05) is 19.9 Å². The summed E-state index contributed by atoms with van der Waals surface area (Å²) in [5, 5.41) is 20.6. The van der Waals surface area contributed by atoms with Crippen molar-refractivity contribution in [3.8, 4) is 0 Å². The molecule has 2 N–H and O–H groups in total. The number of carbonyl (C=O) groups excluding carboxylic acids is 1. The van der Waals surface area contributed by atoms with Crippen molar-refractivity contribution >= 4 is 5.78 Å². The normalized spacial score (nSPS) is 43.9. The summed E-state index contributed by atoms with van der Waals surface area (Å²) in [4.78, 5) is 13.0. The molecule has 3 fully saturated rings. The average Bonchev–Trinajstić information content (AvgIpc) is 2.97. The van der Waals surface area contributed by atoms with E-state index >= 15 is 0 Å². The minimum atomic E-state index is -0.631. The van der Waals surface area contributed by atoms with Gasteiger partial charge in [0.25, 0.3) is 0 Å². The van der Waals surface area contributed by atoms with Gasteiger partial charge in [0.05, 0.1) is 11.7 Å². The van der Waals surface area contributed by atoms with Crippen molar-refractivity contribution in [3.63, 3.8) is 0 Å². The molecule has 0 aromatic heterocycles. The highest BCUT2D eigenvalue weighted by Gasteiger charge is 2.59. The standard InChI is InChI=1S/C28H44O3/c1-6-18(9-12-26(2,3)31)23-7-8-24-22-17-21(30)16-19-15-20(29)10-13-27(19,4)25(22)11-14-28(23,24)5/h6,16,18,20,22-25,29,31H,1,7-15,17H2,2-5H3/t18-,20+,22-,23-,24?,25?,27+,28-/m1/s1. The third kappa shape index (κ3) is 4.10. The second-order valence-corrected chi connectivity index (χ2v) is 12.5. The molecular weight excluding hydrogens is 384 g/mol. The molecule has 3 nitrogen and oxygen atoms in total. The van der Waals surface area contributed by atoms with Crippen molar-refractivity contribution in [3.05, 3.63) is 24.3 Å². The van der Waals surface area contributed by atoms with Gasteiger partial charge in [-0.05, 0) is 118 Å². The van der Waals surface area contributed by atoms with Crippen LogP contribution in [0, 0.1) is 40.4 Å². The van der Waals surface area contributed by atoms with Crippen LogP contribution in [0.5, 0.6) is 0 Å². The van der Waals surface area contributed by atoms with E-state index < -0.39 is 5.60 Å². The van der Waals surface area contributed by atoms with Crippen molar-refractivity contribution in [2.45, 2.75) is 104 Å². The largest absolute Gasteiger partial charge is 0.393 e. The third-order valence-electron chi connectivity index (χ3n) is 10.2. The molecule has 0 aliphatic heterocycles. The number of hydrogen-bond acceptors (Lipinski definition) is 3. The van der Waals surface area contributed by atoms with Crippen LogP contribution in [0.1, 0.15) is 91.9 Å². The monoisotopic (exact) mass is 428 g/mol. The molecule has 3 saturated carbocycles. The lowest BCUT2D eigenvalue weighted by Gasteiger charge is -2.55. The van der Waals surface area contributed by atoms with E-state index in [9.17, 15) is 15.0 Å². The molecule has 0 aromatic rings. The van der Waals surface area contributed by atoms with Gasteiger partial charge in [-0.2, -0.15) is 0 Å². The molecule has 2 unspecified atom stereocenters. The van der Waals surface area contributed by atoms with Gasteiger partial charge in [-0.25, -0.2) is 0 Å². The number of rotatable bonds is 5. The fraction of sp³-hybridized carbons (Fsp3) is 0.821. The lowest BCUT2D eigenvalue weighted by atomic mass is 9.49. The quantitative estimate of drug-likeness (QED) is 0.540. The predicted molar refractivity (Wildman–Crippen MR) is 125 cm³/mol. The summed E-state index contributed by atoms with van der Waals surface area (Å²) in [6, 6.07) is 0. The molecule has 0 radical (unpaired) electrons. The summed E-state index contributed by atoms with van der Waals surface area (Å²) >= 11 is 0. The molecule has 0 spiro atoms. The number of aliphatic hydroxyl groups is 2. The van der Waals surface area contributed by atoms with Crippen LogP contribution < -0.4 is 0 Å². The van der Waals surface area contributed by atoms with E-state index in [-0.39, 0.29) is 22.7 Å². The highest BCUT2D eigenvalue weighted by molar-refractivity contribution is 5.91. The van der Waals surface area contributed by atoms with Crippen LogP contribution in [0.15, 0.2) is 24.3 Å². The smallest absolute Gasteiger partial charge is 0.155 e. The highest BCUT2D eigenvalue weighted by atomic mass is 16.3. The van der Waals surface area contributed by atoms with E-state index in [2.05, 4.69) is 26.5 Å². The zero-order valence-electron chi connectivity index (χ0n) is 20.2. The molecule has 4 rings (SSSR count). The minimum absolute atomic E-state index is 0.0776. The number of fused-ring (bicyclic) bond motifs is 5. The molecule has 0 saturated heterocycles. The van der Waals surface area contributed by atoms with Gasteiger partial charge in [0.2, 0.25) is 0 Å². The van der Waals surface area contributed by atoms with Crippen molar-refractivity contribution in [1.29, 1.82) is 0 Å². The number of carbonyl (C=O) groups is 1.